The zero-order valence-corrected chi connectivity index (χ0v) is 10.2. The smallest absolute Gasteiger partial charge is 0.229 e. The molecule has 1 aliphatic heterocycles. The lowest BCUT2D eigenvalue weighted by Crippen LogP contribution is -2.42. The molecule has 1 fully saturated rings. The van der Waals surface area contributed by atoms with Crippen molar-refractivity contribution < 1.29 is 9.59 Å². The van der Waals surface area contributed by atoms with Gasteiger partial charge in [0.25, 0.3) is 0 Å². The lowest BCUT2D eigenvalue weighted by molar-refractivity contribution is -0.150. The first-order valence-corrected chi connectivity index (χ1v) is 6.04. The molecule has 0 bridgehead atoms. The van der Waals surface area contributed by atoms with Gasteiger partial charge in [0.1, 0.15) is 5.01 Å². The molecule has 2 heterocycles. The van der Waals surface area contributed by atoms with E-state index in [9.17, 15) is 9.59 Å². The van der Waals surface area contributed by atoms with Crippen LogP contribution in [0.1, 0.15) is 24.8 Å². The SMILES string of the molecule is CC1CC(=O)N(Cc2nnc(NN)s2)C(=O)C1. The zero-order valence-electron chi connectivity index (χ0n) is 9.34. The van der Waals surface area contributed by atoms with Crippen LogP contribution in [0.3, 0.4) is 0 Å². The topological polar surface area (TPSA) is 101 Å². The van der Waals surface area contributed by atoms with E-state index in [0.29, 0.717) is 23.0 Å². The summed E-state index contributed by atoms with van der Waals surface area (Å²) < 4.78 is 0. The molecule has 17 heavy (non-hydrogen) atoms. The number of nitrogens with one attached hydrogen (secondary N) is 1. The Balaban J connectivity index is 2.07. The van der Waals surface area contributed by atoms with Gasteiger partial charge < -0.3 is 0 Å². The summed E-state index contributed by atoms with van der Waals surface area (Å²) in [5.41, 5.74) is 2.37. The van der Waals surface area contributed by atoms with E-state index in [-0.39, 0.29) is 24.3 Å². The number of carbonyl (C=O) groups excluding carboxylic acids is 2. The summed E-state index contributed by atoms with van der Waals surface area (Å²) in [6, 6.07) is 0. The molecule has 2 rings (SSSR count). The summed E-state index contributed by atoms with van der Waals surface area (Å²) >= 11 is 1.23. The highest BCUT2D eigenvalue weighted by molar-refractivity contribution is 7.15. The Morgan fingerprint density at radius 1 is 1.41 bits per heavy atom. The number of aromatic nitrogens is 2. The molecule has 0 radical (unpaired) electrons. The van der Waals surface area contributed by atoms with Crippen molar-refractivity contribution in [1.29, 1.82) is 0 Å². The number of amides is 2. The average Bonchev–Trinajstić information content (AvgIpc) is 2.71. The van der Waals surface area contributed by atoms with Crippen LogP contribution in [0, 0.1) is 5.92 Å². The number of hydrogen-bond donors (Lipinski definition) is 2. The van der Waals surface area contributed by atoms with Crippen molar-refractivity contribution in [2.75, 3.05) is 5.43 Å². The van der Waals surface area contributed by atoms with Crippen molar-refractivity contribution in [3.8, 4) is 0 Å². The molecule has 1 saturated heterocycles. The van der Waals surface area contributed by atoms with Crippen LogP contribution in [0.4, 0.5) is 5.13 Å². The van der Waals surface area contributed by atoms with Gasteiger partial charge in [0.15, 0.2) is 0 Å². The Bertz CT molecular complexity index is 428. The minimum absolute atomic E-state index is 0.127. The van der Waals surface area contributed by atoms with E-state index in [2.05, 4.69) is 15.6 Å². The van der Waals surface area contributed by atoms with Crippen molar-refractivity contribution in [3.05, 3.63) is 5.01 Å². The Kier molecular flexibility index (Phi) is 3.34. The molecule has 0 spiro atoms. The minimum Gasteiger partial charge on any atom is -0.298 e. The monoisotopic (exact) mass is 255 g/mol. The second-order valence-electron chi connectivity index (χ2n) is 4.03. The molecule has 3 N–H and O–H groups in total. The van der Waals surface area contributed by atoms with Crippen LogP contribution in [0.25, 0.3) is 0 Å². The van der Waals surface area contributed by atoms with Crippen molar-refractivity contribution in [2.24, 2.45) is 11.8 Å². The molecule has 92 valence electrons. The van der Waals surface area contributed by atoms with Gasteiger partial charge in [-0.3, -0.25) is 19.9 Å². The Morgan fingerprint density at radius 3 is 2.59 bits per heavy atom. The third-order valence-electron chi connectivity index (χ3n) is 2.53. The average molecular weight is 255 g/mol. The Hall–Kier alpha value is -1.54. The Morgan fingerprint density at radius 2 is 2.06 bits per heavy atom. The zero-order chi connectivity index (χ0) is 12.4. The fourth-order valence-electron chi connectivity index (χ4n) is 1.72. The number of likely N-dealkylation sites (tertiary alicyclic amines) is 1. The van der Waals surface area contributed by atoms with Crippen LogP contribution in [0.15, 0.2) is 0 Å². The molecule has 0 atom stereocenters. The quantitative estimate of drug-likeness (QED) is 0.451. The predicted molar refractivity (Wildman–Crippen MR) is 61.7 cm³/mol. The highest BCUT2D eigenvalue weighted by Crippen LogP contribution is 2.22. The van der Waals surface area contributed by atoms with Gasteiger partial charge in [0.2, 0.25) is 16.9 Å². The van der Waals surface area contributed by atoms with Crippen LogP contribution in [0.5, 0.6) is 0 Å². The molecule has 1 aliphatic rings. The van der Waals surface area contributed by atoms with Gasteiger partial charge in [-0.1, -0.05) is 18.3 Å². The number of nitrogen functional groups attached to an aromatic ring is 1. The second-order valence-corrected chi connectivity index (χ2v) is 5.09. The molecular weight excluding hydrogens is 242 g/mol. The fourth-order valence-corrected chi connectivity index (χ4v) is 2.35. The lowest BCUT2D eigenvalue weighted by atomic mass is 9.98. The van der Waals surface area contributed by atoms with E-state index in [1.54, 1.807) is 0 Å². The molecule has 0 aromatic carbocycles. The number of carbonyl (C=O) groups is 2. The van der Waals surface area contributed by atoms with Crippen molar-refractivity contribution in [1.82, 2.24) is 15.1 Å². The van der Waals surface area contributed by atoms with E-state index in [4.69, 9.17) is 5.84 Å². The number of nitrogens with two attached hydrogens (primary N) is 1. The van der Waals surface area contributed by atoms with Gasteiger partial charge in [0, 0.05) is 12.8 Å². The normalized spacial score (nSPS) is 17.6. The molecule has 0 aliphatic carbocycles. The highest BCUT2D eigenvalue weighted by Gasteiger charge is 2.30. The van der Waals surface area contributed by atoms with Gasteiger partial charge in [-0.05, 0) is 5.92 Å². The number of hydrazine groups is 1. The van der Waals surface area contributed by atoms with E-state index >= 15 is 0 Å². The molecule has 0 saturated carbocycles. The first kappa shape index (κ1) is 11.9. The van der Waals surface area contributed by atoms with Crippen LogP contribution < -0.4 is 11.3 Å². The van der Waals surface area contributed by atoms with Crippen LogP contribution >= 0.6 is 11.3 Å². The molecule has 1 aromatic heterocycles. The summed E-state index contributed by atoms with van der Waals surface area (Å²) in [6.45, 7) is 2.08. The number of piperidine rings is 1. The first-order chi connectivity index (χ1) is 8.10. The molecule has 7 nitrogen and oxygen atoms in total. The van der Waals surface area contributed by atoms with Crippen molar-refractivity contribution in [2.45, 2.75) is 26.3 Å². The Labute approximate surface area is 102 Å². The maximum absolute atomic E-state index is 11.7. The van der Waals surface area contributed by atoms with Crippen molar-refractivity contribution >= 4 is 28.3 Å². The summed E-state index contributed by atoms with van der Waals surface area (Å²) in [4.78, 5) is 24.7. The van der Waals surface area contributed by atoms with Crippen LogP contribution in [0.2, 0.25) is 0 Å². The third-order valence-corrected chi connectivity index (χ3v) is 3.37. The van der Waals surface area contributed by atoms with E-state index in [1.807, 2.05) is 6.92 Å². The van der Waals surface area contributed by atoms with E-state index in [1.165, 1.54) is 16.2 Å². The molecule has 2 amide bonds. The summed E-state index contributed by atoms with van der Waals surface area (Å²) in [5, 5.41) is 8.65. The number of hydrogen-bond acceptors (Lipinski definition) is 7. The standard InChI is InChI=1S/C9H13N5O2S/c1-5-2-7(15)14(8(16)3-5)4-6-12-13-9(11-10)17-6/h5H,2-4,10H2,1H3,(H,11,13). The van der Waals surface area contributed by atoms with Crippen LogP contribution in [-0.4, -0.2) is 26.9 Å². The molecule has 0 unspecified atom stereocenters. The predicted octanol–water partition coefficient (Wildman–Crippen LogP) is 0.109. The van der Waals surface area contributed by atoms with Gasteiger partial charge in [-0.25, -0.2) is 5.84 Å². The summed E-state index contributed by atoms with van der Waals surface area (Å²) in [7, 11) is 0. The van der Waals surface area contributed by atoms with Crippen LogP contribution in [-0.2, 0) is 16.1 Å². The van der Waals surface area contributed by atoms with E-state index < -0.39 is 0 Å². The first-order valence-electron chi connectivity index (χ1n) is 5.22. The van der Waals surface area contributed by atoms with Gasteiger partial charge in [0.05, 0.1) is 6.54 Å². The van der Waals surface area contributed by atoms with Crippen molar-refractivity contribution in [3.63, 3.8) is 0 Å². The largest absolute Gasteiger partial charge is 0.298 e. The number of anilines is 1. The molecule has 8 heteroatoms. The lowest BCUT2D eigenvalue weighted by Gasteiger charge is -2.27. The maximum atomic E-state index is 11.7. The number of imide groups is 1. The molecule has 1 aromatic rings. The highest BCUT2D eigenvalue weighted by atomic mass is 32.1. The number of nitrogens with zero attached hydrogens (tertiary/aromatic N) is 3. The van der Waals surface area contributed by atoms with Gasteiger partial charge in [-0.15, -0.1) is 10.2 Å². The maximum Gasteiger partial charge on any atom is 0.229 e. The summed E-state index contributed by atoms with van der Waals surface area (Å²) in [5.74, 6) is 5.01. The minimum atomic E-state index is -0.147. The number of rotatable bonds is 3. The molecular formula is C9H13N5O2S. The summed E-state index contributed by atoms with van der Waals surface area (Å²) in [6.07, 6.45) is 0.819. The third kappa shape index (κ3) is 2.59. The van der Waals surface area contributed by atoms with Gasteiger partial charge >= 0.3 is 0 Å². The second kappa shape index (κ2) is 4.76. The fraction of sp³-hybridized carbons (Fsp3) is 0.556. The van der Waals surface area contributed by atoms with E-state index in [0.717, 1.165) is 0 Å². The van der Waals surface area contributed by atoms with Gasteiger partial charge in [-0.2, -0.15) is 0 Å².